The number of fused-ring (bicyclic) bond motifs is 1. The number of allylic oxidation sites excluding steroid dienone is 1. The molecule has 1 aromatic carbocycles. The van der Waals surface area contributed by atoms with Crippen LogP contribution in [-0.4, -0.2) is 26.8 Å². The number of rotatable bonds is 5. The zero-order valence-corrected chi connectivity index (χ0v) is 15.2. The van der Waals surface area contributed by atoms with Crippen LogP contribution in [0.2, 0.25) is 0 Å². The molecule has 7 nitrogen and oxygen atoms in total. The van der Waals surface area contributed by atoms with Crippen LogP contribution in [0.4, 0.5) is 8.78 Å². The quantitative estimate of drug-likeness (QED) is 0.459. The Morgan fingerprint density at radius 1 is 1.29 bits per heavy atom. The number of aliphatic imine (C=N–C) groups is 1. The van der Waals surface area contributed by atoms with E-state index in [2.05, 4.69) is 9.98 Å². The van der Waals surface area contributed by atoms with Crippen LogP contribution >= 0.6 is 0 Å². The summed E-state index contributed by atoms with van der Waals surface area (Å²) in [6.45, 7) is 3.70. The largest absolute Gasteiger partial charge is 0.432 e. The topological polar surface area (TPSA) is 117 Å². The Morgan fingerprint density at radius 3 is 2.71 bits per heavy atom. The highest BCUT2D eigenvalue weighted by Crippen LogP contribution is 2.28. The number of oxazole rings is 1. The molecule has 9 heteroatoms. The minimum absolute atomic E-state index is 0.0124. The van der Waals surface area contributed by atoms with Crippen molar-refractivity contribution in [2.45, 2.75) is 13.8 Å². The summed E-state index contributed by atoms with van der Waals surface area (Å²) in [6.07, 6.45) is 5.55. The van der Waals surface area contributed by atoms with Gasteiger partial charge in [0.15, 0.2) is 0 Å². The Bertz CT molecular complexity index is 1120. The van der Waals surface area contributed by atoms with Gasteiger partial charge < -0.3 is 10.2 Å². The van der Waals surface area contributed by atoms with Gasteiger partial charge >= 0.3 is 5.84 Å². The smallest absolute Gasteiger partial charge is 0.306 e. The number of halogens is 2. The van der Waals surface area contributed by atoms with Crippen LogP contribution in [0.5, 0.6) is 0 Å². The molecular formula is C19H18F2N6O. The molecule has 2 heterocycles. The van der Waals surface area contributed by atoms with Crippen molar-refractivity contribution in [2.24, 2.45) is 16.6 Å². The van der Waals surface area contributed by atoms with Crippen molar-refractivity contribution in [2.75, 3.05) is 0 Å². The number of amidine groups is 2. The van der Waals surface area contributed by atoms with Gasteiger partial charge in [-0.05, 0) is 24.3 Å². The molecule has 28 heavy (non-hydrogen) atoms. The van der Waals surface area contributed by atoms with Crippen molar-refractivity contribution in [1.29, 1.82) is 10.8 Å². The van der Waals surface area contributed by atoms with Crippen molar-refractivity contribution in [3.05, 3.63) is 60.1 Å². The second kappa shape index (κ2) is 7.55. The molecule has 0 saturated heterocycles. The third-order valence-corrected chi connectivity index (χ3v) is 3.95. The molecule has 0 spiro atoms. The van der Waals surface area contributed by atoms with E-state index in [0.717, 1.165) is 12.1 Å². The molecule has 3 rings (SSSR count). The van der Waals surface area contributed by atoms with Crippen LogP contribution in [0.15, 0.2) is 52.2 Å². The summed E-state index contributed by atoms with van der Waals surface area (Å²) in [5.41, 5.74) is 6.07. The summed E-state index contributed by atoms with van der Waals surface area (Å²) in [7, 11) is 0. The second-order valence-corrected chi connectivity index (χ2v) is 6.31. The van der Waals surface area contributed by atoms with Gasteiger partial charge in [0.25, 0.3) is 0 Å². The van der Waals surface area contributed by atoms with E-state index in [1.807, 2.05) is 13.8 Å². The molecule has 0 bridgehead atoms. The summed E-state index contributed by atoms with van der Waals surface area (Å²) in [5, 5.41) is 16.2. The standard InChI is InChI=1S/C19H18F2N6O/c1-10(2)18(24)25-15(23)6-5-14(22)17-16(26-19-27(17)7-8-28-19)12-4-3-11(20)9-13(12)21/h3-10,22H,1-2H3,(H3,23,24,25)/b6-5-,22-14?. The van der Waals surface area contributed by atoms with Crippen molar-refractivity contribution in [3.63, 3.8) is 0 Å². The number of nitrogens with zero attached hydrogens (tertiary/aromatic N) is 3. The zero-order valence-electron chi connectivity index (χ0n) is 15.2. The van der Waals surface area contributed by atoms with Gasteiger partial charge in [-0.15, -0.1) is 0 Å². The lowest BCUT2D eigenvalue weighted by atomic mass is 10.1. The van der Waals surface area contributed by atoms with Crippen LogP contribution in [0.25, 0.3) is 17.1 Å². The highest BCUT2D eigenvalue weighted by atomic mass is 19.1. The van der Waals surface area contributed by atoms with Gasteiger partial charge in [-0.3, -0.25) is 15.2 Å². The highest BCUT2D eigenvalue weighted by Gasteiger charge is 2.21. The Labute approximate surface area is 159 Å². The highest BCUT2D eigenvalue weighted by molar-refractivity contribution is 6.13. The molecule has 0 amide bonds. The number of aromatic nitrogens is 2. The fraction of sp³-hybridized carbons (Fsp3) is 0.158. The molecule has 0 aliphatic rings. The maximum absolute atomic E-state index is 14.3. The molecule has 3 aromatic rings. The summed E-state index contributed by atoms with van der Waals surface area (Å²) in [4.78, 5) is 8.15. The molecule has 0 saturated carbocycles. The van der Waals surface area contributed by atoms with Crippen LogP contribution in [0.3, 0.4) is 0 Å². The first-order chi connectivity index (χ1) is 13.3. The first-order valence-corrected chi connectivity index (χ1v) is 8.38. The summed E-state index contributed by atoms with van der Waals surface area (Å²) in [6, 6.07) is 3.11. The summed E-state index contributed by atoms with van der Waals surface area (Å²) < 4.78 is 34.2. The molecule has 0 aliphatic heterocycles. The van der Waals surface area contributed by atoms with Crippen molar-refractivity contribution in [1.82, 2.24) is 9.38 Å². The lowest BCUT2D eigenvalue weighted by Crippen LogP contribution is -2.20. The lowest BCUT2D eigenvalue weighted by molar-refractivity contribution is 0.585. The predicted octanol–water partition coefficient (Wildman–Crippen LogP) is 3.79. The molecule has 0 atom stereocenters. The van der Waals surface area contributed by atoms with Gasteiger partial charge in [-0.25, -0.2) is 13.8 Å². The molecule has 0 aliphatic carbocycles. The van der Waals surface area contributed by atoms with E-state index < -0.39 is 11.6 Å². The van der Waals surface area contributed by atoms with Crippen LogP contribution in [-0.2, 0) is 0 Å². The minimum Gasteiger partial charge on any atom is -0.432 e. The Balaban J connectivity index is 2.01. The third kappa shape index (κ3) is 3.73. The van der Waals surface area contributed by atoms with Crippen molar-refractivity contribution < 1.29 is 13.2 Å². The number of nitrogens with one attached hydrogen (secondary N) is 2. The van der Waals surface area contributed by atoms with Gasteiger partial charge in [-0.2, -0.15) is 4.98 Å². The van der Waals surface area contributed by atoms with Crippen LogP contribution in [0, 0.1) is 28.4 Å². The van der Waals surface area contributed by atoms with Crippen molar-refractivity contribution in [3.8, 4) is 11.3 Å². The van der Waals surface area contributed by atoms with E-state index >= 15 is 0 Å². The first kappa shape index (κ1) is 19.2. The molecule has 2 aromatic heterocycles. The second-order valence-electron chi connectivity index (χ2n) is 6.31. The minimum atomic E-state index is -0.805. The Hall–Kier alpha value is -3.62. The van der Waals surface area contributed by atoms with Gasteiger partial charge in [-0.1, -0.05) is 13.8 Å². The number of nitrogens with two attached hydrogens (primary N) is 1. The maximum atomic E-state index is 14.3. The number of hydrogen-bond acceptors (Lipinski definition) is 4. The summed E-state index contributed by atoms with van der Waals surface area (Å²) in [5.74, 6) is -1.20. The van der Waals surface area contributed by atoms with Crippen molar-refractivity contribution >= 4 is 23.2 Å². The summed E-state index contributed by atoms with van der Waals surface area (Å²) >= 11 is 0. The molecule has 0 radical (unpaired) electrons. The average molecular weight is 384 g/mol. The van der Waals surface area contributed by atoms with E-state index in [1.54, 1.807) is 0 Å². The maximum Gasteiger partial charge on any atom is 0.306 e. The molecule has 4 N–H and O–H groups in total. The average Bonchev–Trinajstić information content (AvgIpc) is 3.20. The fourth-order valence-corrected chi connectivity index (χ4v) is 2.46. The van der Waals surface area contributed by atoms with Crippen LogP contribution in [0.1, 0.15) is 19.5 Å². The molecule has 144 valence electrons. The van der Waals surface area contributed by atoms with E-state index in [1.165, 1.54) is 35.1 Å². The third-order valence-electron chi connectivity index (χ3n) is 3.95. The van der Waals surface area contributed by atoms with Crippen LogP contribution < -0.4 is 5.73 Å². The molecule has 0 fully saturated rings. The van der Waals surface area contributed by atoms with Gasteiger partial charge in [0, 0.05) is 23.7 Å². The monoisotopic (exact) mass is 384 g/mol. The number of imidazole rings is 1. The predicted molar refractivity (Wildman–Crippen MR) is 103 cm³/mol. The Kier molecular flexibility index (Phi) is 5.16. The van der Waals surface area contributed by atoms with E-state index in [4.69, 9.17) is 21.0 Å². The van der Waals surface area contributed by atoms with E-state index in [0.29, 0.717) is 5.84 Å². The van der Waals surface area contributed by atoms with Gasteiger partial charge in [0.05, 0.1) is 5.71 Å². The zero-order chi connectivity index (χ0) is 20.4. The van der Waals surface area contributed by atoms with E-state index in [9.17, 15) is 8.78 Å². The Morgan fingerprint density at radius 2 is 2.04 bits per heavy atom. The number of benzene rings is 1. The lowest BCUT2D eigenvalue weighted by Gasteiger charge is -2.05. The first-order valence-electron chi connectivity index (χ1n) is 8.38. The molecular weight excluding hydrogens is 366 g/mol. The normalized spacial score (nSPS) is 12.4. The van der Waals surface area contributed by atoms with Gasteiger partial charge in [0.2, 0.25) is 0 Å². The number of hydrogen-bond donors (Lipinski definition) is 3. The molecule has 0 unspecified atom stereocenters. The van der Waals surface area contributed by atoms with Gasteiger partial charge in [0.1, 0.15) is 41.0 Å². The van der Waals surface area contributed by atoms with E-state index in [-0.39, 0.29) is 40.3 Å². The SMILES string of the molecule is CC(C)C(N)=NC(=N)/C=C\C(=N)c1c(-c2ccc(F)cc2F)nc2occn12. The fourth-order valence-electron chi connectivity index (χ4n) is 2.46.